The molecule has 0 bridgehead atoms. The maximum Gasteiger partial charge on any atom is 0.0642 e. The van der Waals surface area contributed by atoms with Gasteiger partial charge in [0.2, 0.25) is 0 Å². The predicted octanol–water partition coefficient (Wildman–Crippen LogP) is 5.19. The second-order valence-corrected chi connectivity index (χ2v) is 8.48. The van der Waals surface area contributed by atoms with Gasteiger partial charge < -0.3 is 24.8 Å². The third-order valence-electron chi connectivity index (χ3n) is 6.08. The van der Waals surface area contributed by atoms with Crippen molar-refractivity contribution in [2.45, 2.75) is 25.7 Å². The smallest absolute Gasteiger partial charge is 0.0642 e. The van der Waals surface area contributed by atoms with E-state index in [9.17, 15) is 0 Å². The van der Waals surface area contributed by atoms with Gasteiger partial charge in [-0.3, -0.25) is 0 Å². The number of morpholine rings is 1. The third kappa shape index (κ3) is 4.79. The van der Waals surface area contributed by atoms with Gasteiger partial charge in [-0.05, 0) is 75.3 Å². The molecule has 1 atom stereocenters. The molecule has 0 radical (unpaired) electrons. The highest BCUT2D eigenvalue weighted by molar-refractivity contribution is 5.87. The lowest BCUT2D eigenvalue weighted by Gasteiger charge is -2.29. The lowest BCUT2D eigenvalue weighted by Crippen LogP contribution is -2.36. The van der Waals surface area contributed by atoms with Crippen LogP contribution in [0, 0.1) is 0 Å². The molecule has 0 spiro atoms. The third-order valence-corrected chi connectivity index (χ3v) is 6.08. The zero-order valence-electron chi connectivity index (χ0n) is 18.4. The van der Waals surface area contributed by atoms with E-state index in [4.69, 9.17) is 4.74 Å². The van der Waals surface area contributed by atoms with Gasteiger partial charge in [-0.25, -0.2) is 0 Å². The molecule has 2 heterocycles. The number of nitrogens with zero attached hydrogens (tertiary/aromatic N) is 2. The van der Waals surface area contributed by atoms with Crippen molar-refractivity contribution in [3.63, 3.8) is 0 Å². The van der Waals surface area contributed by atoms with E-state index >= 15 is 0 Å². The zero-order chi connectivity index (χ0) is 20.9. The van der Waals surface area contributed by atoms with Gasteiger partial charge in [0.25, 0.3) is 0 Å². The van der Waals surface area contributed by atoms with Crippen LogP contribution in [0.25, 0.3) is 10.9 Å². The summed E-state index contributed by atoms with van der Waals surface area (Å²) in [4.78, 5) is 8.16. The largest absolute Gasteiger partial charge is 0.378 e. The van der Waals surface area contributed by atoms with Crippen LogP contribution in [0.1, 0.15) is 31.2 Å². The van der Waals surface area contributed by atoms with Crippen LogP contribution in [0.2, 0.25) is 0 Å². The molecule has 0 saturated carbocycles. The first-order valence-electron chi connectivity index (χ1n) is 11.1. The van der Waals surface area contributed by atoms with Gasteiger partial charge in [0, 0.05) is 47.3 Å². The Bertz CT molecular complexity index is 959. The van der Waals surface area contributed by atoms with Crippen molar-refractivity contribution in [3.8, 4) is 0 Å². The van der Waals surface area contributed by atoms with Crippen LogP contribution < -0.4 is 10.2 Å². The summed E-state index contributed by atoms with van der Waals surface area (Å²) in [6.45, 7) is 6.91. The quantitative estimate of drug-likeness (QED) is 0.540. The first kappa shape index (κ1) is 20.8. The van der Waals surface area contributed by atoms with Crippen LogP contribution in [0.4, 0.5) is 17.1 Å². The van der Waals surface area contributed by atoms with E-state index in [1.54, 1.807) is 0 Å². The summed E-state index contributed by atoms with van der Waals surface area (Å²) >= 11 is 0. The van der Waals surface area contributed by atoms with Gasteiger partial charge in [-0.1, -0.05) is 19.1 Å². The molecular formula is C25H34N4O. The normalized spacial score (nSPS) is 15.7. The number of fused-ring (bicyclic) bond motifs is 1. The number of nitrogens with one attached hydrogen (secondary N) is 2. The Hall–Kier alpha value is -2.50. The Morgan fingerprint density at radius 1 is 1.10 bits per heavy atom. The van der Waals surface area contributed by atoms with Gasteiger partial charge in [-0.2, -0.15) is 0 Å². The minimum absolute atomic E-state index is 0.588. The molecule has 30 heavy (non-hydrogen) atoms. The lowest BCUT2D eigenvalue weighted by molar-refractivity contribution is 0.122. The van der Waals surface area contributed by atoms with Gasteiger partial charge in [-0.15, -0.1) is 0 Å². The summed E-state index contributed by atoms with van der Waals surface area (Å²) in [5, 5.41) is 4.92. The molecule has 2 N–H and O–H groups in total. The summed E-state index contributed by atoms with van der Waals surface area (Å²) in [5.41, 5.74) is 6.11. The average Bonchev–Trinajstić information content (AvgIpc) is 3.18. The molecule has 160 valence electrons. The molecule has 0 amide bonds. The Labute approximate surface area is 180 Å². The van der Waals surface area contributed by atoms with E-state index in [1.165, 1.54) is 28.6 Å². The highest BCUT2D eigenvalue weighted by Gasteiger charge is 2.15. The SMILES string of the molecule is CCC(CCN(C)C)c1c[nH]c2cc(Nc3cccc(N4CCOCC4)c3)ccc12. The molecule has 5 nitrogen and oxygen atoms in total. The molecule has 2 aromatic carbocycles. The molecule has 0 aliphatic carbocycles. The number of rotatable bonds is 8. The lowest BCUT2D eigenvalue weighted by atomic mass is 9.92. The molecule has 1 fully saturated rings. The fourth-order valence-corrected chi connectivity index (χ4v) is 4.33. The summed E-state index contributed by atoms with van der Waals surface area (Å²) < 4.78 is 5.48. The fourth-order valence-electron chi connectivity index (χ4n) is 4.33. The van der Waals surface area contributed by atoms with Crippen LogP contribution >= 0.6 is 0 Å². The first-order valence-corrected chi connectivity index (χ1v) is 11.1. The van der Waals surface area contributed by atoms with Crippen molar-refractivity contribution in [3.05, 3.63) is 54.2 Å². The second kappa shape index (κ2) is 9.54. The van der Waals surface area contributed by atoms with E-state index in [-0.39, 0.29) is 0 Å². The highest BCUT2D eigenvalue weighted by Crippen LogP contribution is 2.32. The summed E-state index contributed by atoms with van der Waals surface area (Å²) in [7, 11) is 4.29. The van der Waals surface area contributed by atoms with Crippen LogP contribution in [0.3, 0.4) is 0 Å². The molecule has 4 rings (SSSR count). The molecule has 1 unspecified atom stereocenters. The number of ether oxygens (including phenoxy) is 1. The Kier molecular flexibility index (Phi) is 6.60. The van der Waals surface area contributed by atoms with Crippen molar-refractivity contribution < 1.29 is 4.74 Å². The van der Waals surface area contributed by atoms with Crippen molar-refractivity contribution in [2.24, 2.45) is 0 Å². The number of aromatic amines is 1. The van der Waals surface area contributed by atoms with Crippen LogP contribution in [0.15, 0.2) is 48.7 Å². The molecular weight excluding hydrogens is 372 g/mol. The Balaban J connectivity index is 1.50. The summed E-state index contributed by atoms with van der Waals surface area (Å²) in [6, 6.07) is 15.3. The number of hydrogen-bond acceptors (Lipinski definition) is 4. The molecule has 1 aliphatic rings. The Morgan fingerprint density at radius 2 is 1.90 bits per heavy atom. The van der Waals surface area contributed by atoms with Crippen molar-refractivity contribution >= 4 is 28.0 Å². The topological polar surface area (TPSA) is 43.5 Å². The first-order chi connectivity index (χ1) is 14.6. The minimum Gasteiger partial charge on any atom is -0.378 e. The maximum absolute atomic E-state index is 5.48. The monoisotopic (exact) mass is 406 g/mol. The Morgan fingerprint density at radius 3 is 2.67 bits per heavy atom. The molecule has 5 heteroatoms. The fraction of sp³-hybridized carbons (Fsp3) is 0.440. The van der Waals surface area contributed by atoms with Gasteiger partial charge in [0.1, 0.15) is 0 Å². The molecule has 3 aromatic rings. The van der Waals surface area contributed by atoms with Gasteiger partial charge in [0.15, 0.2) is 0 Å². The number of anilines is 3. The predicted molar refractivity (Wildman–Crippen MR) is 127 cm³/mol. The number of aromatic nitrogens is 1. The van der Waals surface area contributed by atoms with Gasteiger partial charge in [0.05, 0.1) is 13.2 Å². The molecule has 1 aromatic heterocycles. The van der Waals surface area contributed by atoms with Gasteiger partial charge >= 0.3 is 0 Å². The van der Waals surface area contributed by atoms with E-state index in [0.29, 0.717) is 5.92 Å². The zero-order valence-corrected chi connectivity index (χ0v) is 18.4. The maximum atomic E-state index is 5.48. The number of H-pyrrole nitrogens is 1. The second-order valence-electron chi connectivity index (χ2n) is 8.48. The minimum atomic E-state index is 0.588. The van der Waals surface area contributed by atoms with E-state index < -0.39 is 0 Å². The summed E-state index contributed by atoms with van der Waals surface area (Å²) in [5.74, 6) is 0.588. The number of benzene rings is 2. The van der Waals surface area contributed by atoms with Crippen LogP contribution in [0.5, 0.6) is 0 Å². The van der Waals surface area contributed by atoms with E-state index in [0.717, 1.165) is 50.6 Å². The highest BCUT2D eigenvalue weighted by atomic mass is 16.5. The summed E-state index contributed by atoms with van der Waals surface area (Å²) in [6.07, 6.45) is 4.55. The van der Waals surface area contributed by atoms with Crippen molar-refractivity contribution in [1.82, 2.24) is 9.88 Å². The van der Waals surface area contributed by atoms with Crippen molar-refractivity contribution in [1.29, 1.82) is 0 Å². The molecule has 1 saturated heterocycles. The van der Waals surface area contributed by atoms with E-state index in [1.807, 2.05) is 0 Å². The van der Waals surface area contributed by atoms with Crippen molar-refractivity contribution in [2.75, 3.05) is 57.2 Å². The number of hydrogen-bond donors (Lipinski definition) is 2. The molecule has 1 aliphatic heterocycles. The standard InChI is InChI=1S/C25H34N4O/c1-4-19(10-11-28(2)3)24-18-26-25-17-21(8-9-23(24)25)27-20-6-5-7-22(16-20)29-12-14-30-15-13-29/h5-9,16-19,26-27H,4,10-15H2,1-3H3. The van der Waals surface area contributed by atoms with Crippen LogP contribution in [-0.4, -0.2) is 56.8 Å². The average molecular weight is 407 g/mol. The van der Waals surface area contributed by atoms with E-state index in [2.05, 4.69) is 89.8 Å². The van der Waals surface area contributed by atoms with Crippen LogP contribution in [-0.2, 0) is 4.74 Å².